The van der Waals surface area contributed by atoms with E-state index in [4.69, 9.17) is 0 Å². The molecule has 0 saturated heterocycles. The monoisotopic (exact) mass is 550 g/mol. The van der Waals surface area contributed by atoms with Crippen LogP contribution in [0.5, 0.6) is 0 Å². The van der Waals surface area contributed by atoms with E-state index in [-0.39, 0.29) is 23.1 Å². The molecule has 2 rings (SSSR count). The fourth-order valence-electron chi connectivity index (χ4n) is 3.38. The van der Waals surface area contributed by atoms with Gasteiger partial charge in [-0.15, -0.1) is 0 Å². The molecule has 0 fully saturated rings. The Morgan fingerprint density at radius 2 is 1.76 bits per heavy atom. The molecule has 0 spiro atoms. The van der Waals surface area contributed by atoms with Gasteiger partial charge in [-0.05, 0) is 56.9 Å². The lowest BCUT2D eigenvalue weighted by atomic mass is 9.95. The Labute approximate surface area is 202 Å². The molecule has 33 heavy (non-hydrogen) atoms. The Balaban J connectivity index is 1.92. The molecule has 0 aliphatic carbocycles. The predicted octanol–water partition coefficient (Wildman–Crippen LogP) is 4.84. The molecule has 0 unspecified atom stereocenters. The predicted molar refractivity (Wildman–Crippen MR) is 126 cm³/mol. The first kappa shape index (κ1) is 27.8. The van der Waals surface area contributed by atoms with E-state index in [0.717, 1.165) is 35.7 Å². The molecule has 0 aromatic heterocycles. The fourth-order valence-corrected chi connectivity index (χ4v) is 5.30. The van der Waals surface area contributed by atoms with Crippen molar-refractivity contribution in [3.8, 4) is 0 Å². The van der Waals surface area contributed by atoms with Crippen LogP contribution in [0, 0.1) is 0 Å². The topological polar surface area (TPSA) is 69.6 Å². The molecule has 0 bridgehead atoms. The minimum absolute atomic E-state index is 0.00349. The van der Waals surface area contributed by atoms with Crippen molar-refractivity contribution in [3.63, 3.8) is 0 Å². The van der Waals surface area contributed by atoms with Crippen LogP contribution < -0.4 is 5.32 Å². The standard InChI is InChI=1S/C23H30BrF3N2O3S/c1-22(2,11-7-10-17-8-5-4-6-9-17)28-15-20(30)16-29(3)33(31,32)21-13-18(23(25,26)27)12-19(24)14-21/h4-6,8-9,12-14,20,28,30H,7,10-11,15-16H2,1-3H3/t20-/m1/s1. The van der Waals surface area contributed by atoms with Crippen LogP contribution >= 0.6 is 15.9 Å². The lowest BCUT2D eigenvalue weighted by Crippen LogP contribution is -2.46. The first-order chi connectivity index (χ1) is 15.2. The maximum absolute atomic E-state index is 13.1. The van der Waals surface area contributed by atoms with E-state index in [1.165, 1.54) is 12.6 Å². The number of halogens is 4. The van der Waals surface area contributed by atoms with Gasteiger partial charge in [-0.1, -0.05) is 46.3 Å². The summed E-state index contributed by atoms with van der Waals surface area (Å²) < 4.78 is 65.6. The molecule has 1 atom stereocenters. The van der Waals surface area contributed by atoms with Gasteiger partial charge in [0.25, 0.3) is 0 Å². The molecule has 2 aromatic rings. The number of hydrogen-bond donors (Lipinski definition) is 2. The largest absolute Gasteiger partial charge is 0.416 e. The third-order valence-electron chi connectivity index (χ3n) is 5.30. The van der Waals surface area contributed by atoms with E-state index in [1.807, 2.05) is 32.0 Å². The minimum Gasteiger partial charge on any atom is -0.390 e. The Kier molecular flexibility index (Phi) is 9.52. The summed E-state index contributed by atoms with van der Waals surface area (Å²) in [5.41, 5.74) is -0.0937. The number of aliphatic hydroxyl groups is 1. The number of hydrogen-bond acceptors (Lipinski definition) is 4. The third kappa shape index (κ3) is 8.68. The average molecular weight is 551 g/mol. The first-order valence-electron chi connectivity index (χ1n) is 10.5. The van der Waals surface area contributed by atoms with E-state index < -0.39 is 32.8 Å². The van der Waals surface area contributed by atoms with Crippen LogP contribution in [0.25, 0.3) is 0 Å². The maximum Gasteiger partial charge on any atom is 0.416 e. The molecule has 184 valence electrons. The van der Waals surface area contributed by atoms with Gasteiger partial charge in [0, 0.05) is 30.1 Å². The smallest absolute Gasteiger partial charge is 0.390 e. The van der Waals surface area contributed by atoms with E-state index in [0.29, 0.717) is 6.07 Å². The lowest BCUT2D eigenvalue weighted by molar-refractivity contribution is -0.137. The highest BCUT2D eigenvalue weighted by atomic mass is 79.9. The molecule has 0 aliphatic rings. The number of alkyl halides is 3. The molecular weight excluding hydrogens is 521 g/mol. The van der Waals surface area contributed by atoms with E-state index in [9.17, 15) is 26.7 Å². The molecule has 10 heteroatoms. The van der Waals surface area contributed by atoms with Crippen LogP contribution in [0.15, 0.2) is 57.9 Å². The second-order valence-corrected chi connectivity index (χ2v) is 11.7. The second kappa shape index (κ2) is 11.3. The molecule has 5 nitrogen and oxygen atoms in total. The van der Waals surface area contributed by atoms with Crippen molar-refractivity contribution in [2.75, 3.05) is 20.1 Å². The van der Waals surface area contributed by atoms with Crippen molar-refractivity contribution in [2.45, 2.75) is 55.8 Å². The number of aliphatic hydroxyl groups excluding tert-OH is 1. The first-order valence-corrected chi connectivity index (χ1v) is 12.8. The van der Waals surface area contributed by atoms with Crippen molar-refractivity contribution in [1.82, 2.24) is 9.62 Å². The molecule has 2 N–H and O–H groups in total. The van der Waals surface area contributed by atoms with Crippen LogP contribution in [-0.2, 0) is 22.6 Å². The number of benzene rings is 2. The van der Waals surface area contributed by atoms with Gasteiger partial charge in [0.2, 0.25) is 10.0 Å². The highest BCUT2D eigenvalue weighted by Crippen LogP contribution is 2.33. The van der Waals surface area contributed by atoms with Crippen LogP contribution in [0.2, 0.25) is 0 Å². The number of nitrogens with one attached hydrogen (secondary N) is 1. The van der Waals surface area contributed by atoms with E-state index in [2.05, 4.69) is 33.4 Å². The molecule has 0 radical (unpaired) electrons. The summed E-state index contributed by atoms with van der Waals surface area (Å²) in [4.78, 5) is -0.492. The van der Waals surface area contributed by atoms with Crippen molar-refractivity contribution < 1.29 is 26.7 Å². The number of nitrogens with zero attached hydrogens (tertiary/aromatic N) is 1. The lowest BCUT2D eigenvalue weighted by Gasteiger charge is -2.29. The van der Waals surface area contributed by atoms with Gasteiger partial charge in [0.1, 0.15) is 0 Å². The minimum atomic E-state index is -4.68. The summed E-state index contributed by atoms with van der Waals surface area (Å²) in [6, 6.07) is 12.6. The summed E-state index contributed by atoms with van der Waals surface area (Å²) >= 11 is 2.94. The highest BCUT2D eigenvalue weighted by molar-refractivity contribution is 9.10. The SMILES string of the molecule is CN(C[C@H](O)CNC(C)(C)CCCc1ccccc1)S(=O)(=O)c1cc(Br)cc(C(F)(F)F)c1. The van der Waals surface area contributed by atoms with Crippen molar-refractivity contribution in [3.05, 3.63) is 64.1 Å². The van der Waals surface area contributed by atoms with Gasteiger partial charge < -0.3 is 10.4 Å². The summed E-state index contributed by atoms with van der Waals surface area (Å²) in [7, 11) is -2.99. The Morgan fingerprint density at radius 3 is 2.36 bits per heavy atom. The molecular formula is C23H30BrF3N2O3S. The summed E-state index contributed by atoms with van der Waals surface area (Å²) in [6.45, 7) is 3.89. The second-order valence-electron chi connectivity index (χ2n) is 8.72. The van der Waals surface area contributed by atoms with Crippen molar-refractivity contribution >= 4 is 26.0 Å². The third-order valence-corrected chi connectivity index (χ3v) is 7.56. The van der Waals surface area contributed by atoms with Gasteiger partial charge >= 0.3 is 6.18 Å². The zero-order valence-electron chi connectivity index (χ0n) is 18.9. The Bertz CT molecular complexity index is 1020. The van der Waals surface area contributed by atoms with Crippen LogP contribution in [-0.4, -0.2) is 49.6 Å². The van der Waals surface area contributed by atoms with Crippen molar-refractivity contribution in [1.29, 1.82) is 0 Å². The normalized spacial score (nSPS) is 14.0. The molecule has 0 amide bonds. The van der Waals surface area contributed by atoms with Gasteiger partial charge in [0.05, 0.1) is 16.6 Å². The zero-order chi connectivity index (χ0) is 24.9. The van der Waals surface area contributed by atoms with E-state index >= 15 is 0 Å². The zero-order valence-corrected chi connectivity index (χ0v) is 21.3. The number of rotatable bonds is 11. The van der Waals surface area contributed by atoms with Gasteiger partial charge in [-0.3, -0.25) is 0 Å². The van der Waals surface area contributed by atoms with Crippen molar-refractivity contribution in [2.24, 2.45) is 0 Å². The molecule has 0 aliphatic heterocycles. The molecule has 2 aromatic carbocycles. The van der Waals surface area contributed by atoms with Gasteiger partial charge in [-0.2, -0.15) is 17.5 Å². The average Bonchev–Trinajstić information content (AvgIpc) is 2.72. The highest BCUT2D eigenvalue weighted by Gasteiger charge is 2.33. The van der Waals surface area contributed by atoms with Crippen LogP contribution in [0.3, 0.4) is 0 Å². The van der Waals surface area contributed by atoms with Crippen LogP contribution in [0.4, 0.5) is 13.2 Å². The number of β-amino-alcohol motifs (C(OH)–C–C–N with tert-alkyl or cyclic N) is 1. The fraction of sp³-hybridized carbons (Fsp3) is 0.478. The molecule has 0 heterocycles. The summed E-state index contributed by atoms with van der Waals surface area (Å²) in [5, 5.41) is 13.6. The van der Waals surface area contributed by atoms with Gasteiger partial charge in [-0.25, -0.2) is 8.42 Å². The summed E-state index contributed by atoms with van der Waals surface area (Å²) in [5.74, 6) is 0. The molecule has 0 saturated carbocycles. The van der Waals surface area contributed by atoms with Crippen LogP contribution in [0.1, 0.15) is 37.8 Å². The van der Waals surface area contributed by atoms with E-state index in [1.54, 1.807) is 0 Å². The summed E-state index contributed by atoms with van der Waals surface area (Å²) in [6.07, 6.45) is -2.99. The number of sulfonamides is 1. The quantitative estimate of drug-likeness (QED) is 0.420. The van der Waals surface area contributed by atoms with Gasteiger partial charge in [0.15, 0.2) is 0 Å². The Hall–Kier alpha value is -1.46. The number of likely N-dealkylation sites (N-methyl/N-ethyl adjacent to an activating group) is 1. The Morgan fingerprint density at radius 1 is 1.12 bits per heavy atom. The maximum atomic E-state index is 13.1. The number of aryl methyl sites for hydroxylation is 1.